The summed E-state index contributed by atoms with van der Waals surface area (Å²) in [7, 11) is -5.07. The van der Waals surface area contributed by atoms with Crippen molar-refractivity contribution in [1.82, 2.24) is 5.32 Å². The molecule has 13 heteroatoms. The molecule has 1 saturated heterocycles. The van der Waals surface area contributed by atoms with Crippen LogP contribution in [0.25, 0.3) is 0 Å². The summed E-state index contributed by atoms with van der Waals surface area (Å²) in [5.41, 5.74) is 0. The highest BCUT2D eigenvalue weighted by atomic mass is 32.3. The van der Waals surface area contributed by atoms with E-state index in [1.165, 1.54) is 70.6 Å². The normalized spacial score (nSPS) is 22.4. The summed E-state index contributed by atoms with van der Waals surface area (Å²) in [5, 5.41) is 44.6. The smallest absolute Gasteiger partial charge is 0.394 e. The van der Waals surface area contributed by atoms with Gasteiger partial charge in [0.2, 0.25) is 5.91 Å². The summed E-state index contributed by atoms with van der Waals surface area (Å²) >= 11 is 0. The molecule has 51 heavy (non-hydrogen) atoms. The molecule has 7 unspecified atom stereocenters. The van der Waals surface area contributed by atoms with Crippen molar-refractivity contribution in [2.45, 2.75) is 211 Å². The first-order valence-corrected chi connectivity index (χ1v) is 21.4. The molecule has 0 aromatic carbocycles. The summed E-state index contributed by atoms with van der Waals surface area (Å²) in [6.07, 6.45) is 20.8. The molecule has 1 fully saturated rings. The van der Waals surface area contributed by atoms with Gasteiger partial charge in [-0.25, -0.2) is 4.18 Å². The Bertz CT molecular complexity index is 983. The number of allylic oxidation sites excluding steroid dienone is 2. The fraction of sp³-hybridized carbons (Fsp3) is 0.921. The van der Waals surface area contributed by atoms with Crippen molar-refractivity contribution < 1.29 is 51.8 Å². The highest BCUT2D eigenvalue weighted by molar-refractivity contribution is 7.80. The third kappa shape index (κ3) is 24.0. The van der Waals surface area contributed by atoms with Crippen LogP contribution in [0, 0.1) is 0 Å². The molecule has 0 aliphatic carbocycles. The lowest BCUT2D eigenvalue weighted by atomic mass is 9.99. The lowest BCUT2D eigenvalue weighted by Gasteiger charge is -2.41. The van der Waals surface area contributed by atoms with Crippen LogP contribution in [0.2, 0.25) is 0 Å². The molecule has 12 nitrogen and oxygen atoms in total. The first-order valence-electron chi connectivity index (χ1n) is 20.1. The maximum Gasteiger partial charge on any atom is 0.397 e. The van der Waals surface area contributed by atoms with Gasteiger partial charge in [-0.1, -0.05) is 142 Å². The van der Waals surface area contributed by atoms with Crippen molar-refractivity contribution in [1.29, 1.82) is 0 Å². The lowest BCUT2D eigenvalue weighted by molar-refractivity contribution is -0.298. The van der Waals surface area contributed by atoms with Gasteiger partial charge in [0.25, 0.3) is 0 Å². The van der Waals surface area contributed by atoms with E-state index in [1.54, 1.807) is 0 Å². The van der Waals surface area contributed by atoms with E-state index >= 15 is 0 Å². The van der Waals surface area contributed by atoms with Gasteiger partial charge in [0.15, 0.2) is 6.29 Å². The molecule has 7 atom stereocenters. The molecule has 1 aliphatic heterocycles. The quantitative estimate of drug-likeness (QED) is 0.0246. The molecule has 0 spiro atoms. The Balaban J connectivity index is 2.60. The standard InChI is InChI=1S/C38H73NO11S/c1-3-5-7-9-11-13-15-16-18-19-21-23-25-27-32(41)31(39-34(42)28-26-24-22-20-17-14-12-10-8-6-4-2)30-48-38-36(44)37(50-51(45,46)47)35(43)33(29-40)49-38/h10,12,31-33,35-38,40-41,43-44H,3-9,11,13-30H2,1-2H3,(H,39,42)(H,45,46,47)/b12-10-. The number of rotatable bonds is 33. The van der Waals surface area contributed by atoms with E-state index in [2.05, 4.69) is 35.5 Å². The van der Waals surface area contributed by atoms with Gasteiger partial charge in [0, 0.05) is 6.42 Å². The highest BCUT2D eigenvalue weighted by Gasteiger charge is 2.48. The minimum atomic E-state index is -5.07. The monoisotopic (exact) mass is 751 g/mol. The maximum absolute atomic E-state index is 12.9. The highest BCUT2D eigenvalue weighted by Crippen LogP contribution is 2.26. The summed E-state index contributed by atoms with van der Waals surface area (Å²) in [5.74, 6) is -0.242. The predicted octanol–water partition coefficient (Wildman–Crippen LogP) is 6.43. The number of carbonyl (C=O) groups is 1. The van der Waals surface area contributed by atoms with Crippen LogP contribution in [0.5, 0.6) is 0 Å². The topological polar surface area (TPSA) is 192 Å². The van der Waals surface area contributed by atoms with E-state index in [-0.39, 0.29) is 18.9 Å². The summed E-state index contributed by atoms with van der Waals surface area (Å²) in [6.45, 7) is 3.37. The predicted molar refractivity (Wildman–Crippen MR) is 199 cm³/mol. The molecule has 1 rings (SSSR count). The van der Waals surface area contributed by atoms with Crippen LogP contribution in [0.1, 0.15) is 168 Å². The molecule has 6 N–H and O–H groups in total. The molecule has 0 bridgehead atoms. The summed E-state index contributed by atoms with van der Waals surface area (Å²) < 4.78 is 47.4. The van der Waals surface area contributed by atoms with E-state index < -0.39 is 59.9 Å². The first-order chi connectivity index (χ1) is 24.5. The largest absolute Gasteiger partial charge is 0.397 e. The molecule has 0 radical (unpaired) electrons. The molecular weight excluding hydrogens is 678 g/mol. The second-order valence-electron chi connectivity index (χ2n) is 14.2. The fourth-order valence-electron chi connectivity index (χ4n) is 6.38. The number of aliphatic hydroxyl groups is 4. The van der Waals surface area contributed by atoms with E-state index in [1.807, 2.05) is 0 Å². The fourth-order valence-corrected chi connectivity index (χ4v) is 6.89. The maximum atomic E-state index is 12.9. The molecule has 0 saturated carbocycles. The molecule has 0 aromatic heterocycles. The van der Waals surface area contributed by atoms with Crippen molar-refractivity contribution in [2.24, 2.45) is 0 Å². The van der Waals surface area contributed by atoms with Gasteiger partial charge in [0.1, 0.15) is 24.4 Å². The van der Waals surface area contributed by atoms with Gasteiger partial charge in [-0.3, -0.25) is 9.35 Å². The minimum absolute atomic E-state index is 0.242. The third-order valence-electron chi connectivity index (χ3n) is 9.57. The van der Waals surface area contributed by atoms with Gasteiger partial charge < -0.3 is 35.2 Å². The molecular formula is C38H73NO11S. The van der Waals surface area contributed by atoms with Crippen LogP contribution < -0.4 is 5.32 Å². The number of hydrogen-bond acceptors (Lipinski definition) is 10. The van der Waals surface area contributed by atoms with Gasteiger partial charge >= 0.3 is 10.4 Å². The van der Waals surface area contributed by atoms with Crippen molar-refractivity contribution in [2.75, 3.05) is 13.2 Å². The van der Waals surface area contributed by atoms with Crippen LogP contribution in [0.15, 0.2) is 12.2 Å². The van der Waals surface area contributed by atoms with Crippen LogP contribution >= 0.6 is 0 Å². The first kappa shape index (κ1) is 47.9. The number of amides is 1. The van der Waals surface area contributed by atoms with Gasteiger partial charge in [-0.15, -0.1) is 0 Å². The number of nitrogens with one attached hydrogen (secondary N) is 1. The number of aliphatic hydroxyl groups excluding tert-OH is 4. The van der Waals surface area contributed by atoms with Crippen LogP contribution in [-0.4, -0.2) is 95.4 Å². The Hall–Kier alpha value is -1.16. The molecule has 1 aliphatic rings. The van der Waals surface area contributed by atoms with Gasteiger partial charge in [0.05, 0.1) is 25.4 Å². The Morgan fingerprint density at radius 1 is 0.765 bits per heavy atom. The van der Waals surface area contributed by atoms with E-state index in [4.69, 9.17) is 14.0 Å². The van der Waals surface area contributed by atoms with Crippen LogP contribution in [0.3, 0.4) is 0 Å². The van der Waals surface area contributed by atoms with Crippen LogP contribution in [0.4, 0.5) is 0 Å². The minimum Gasteiger partial charge on any atom is -0.394 e. The Morgan fingerprint density at radius 3 is 1.82 bits per heavy atom. The Morgan fingerprint density at radius 2 is 1.27 bits per heavy atom. The zero-order chi connectivity index (χ0) is 37.7. The average molecular weight is 752 g/mol. The second-order valence-corrected chi connectivity index (χ2v) is 15.3. The van der Waals surface area contributed by atoms with Crippen molar-refractivity contribution in [3.05, 3.63) is 12.2 Å². The van der Waals surface area contributed by atoms with Gasteiger partial charge in [-0.05, 0) is 32.1 Å². The van der Waals surface area contributed by atoms with Gasteiger partial charge in [-0.2, -0.15) is 8.42 Å². The summed E-state index contributed by atoms with van der Waals surface area (Å²) in [4.78, 5) is 12.9. The third-order valence-corrected chi connectivity index (χ3v) is 10.0. The second kappa shape index (κ2) is 30.2. The Labute approximate surface area is 309 Å². The zero-order valence-electron chi connectivity index (χ0n) is 31.7. The van der Waals surface area contributed by atoms with E-state index in [0.29, 0.717) is 12.8 Å². The SMILES string of the molecule is CCCC/C=C\CCCCCCCC(=O)NC(COC1OC(CO)C(O)C(OS(=O)(=O)O)C1O)C(O)CCCCCCCCCCCCCCC. The van der Waals surface area contributed by atoms with Crippen molar-refractivity contribution in [3.8, 4) is 0 Å². The van der Waals surface area contributed by atoms with Crippen molar-refractivity contribution >= 4 is 16.3 Å². The molecule has 0 aromatic rings. The zero-order valence-corrected chi connectivity index (χ0v) is 32.5. The number of hydrogen-bond donors (Lipinski definition) is 6. The molecule has 302 valence electrons. The molecule has 1 amide bonds. The number of unbranched alkanes of at least 4 members (excludes halogenated alkanes) is 19. The lowest BCUT2D eigenvalue weighted by Crippen LogP contribution is -2.61. The van der Waals surface area contributed by atoms with Crippen LogP contribution in [-0.2, 0) is 28.9 Å². The Kier molecular flexibility index (Phi) is 28.3. The van der Waals surface area contributed by atoms with E-state index in [9.17, 15) is 33.6 Å². The average Bonchev–Trinajstić information content (AvgIpc) is 3.09. The van der Waals surface area contributed by atoms with Crippen molar-refractivity contribution in [3.63, 3.8) is 0 Å². The number of ether oxygens (including phenoxy) is 2. The summed E-state index contributed by atoms with van der Waals surface area (Å²) in [6, 6.07) is -0.856. The number of carbonyl (C=O) groups excluding carboxylic acids is 1. The molecule has 1 heterocycles. The van der Waals surface area contributed by atoms with E-state index in [0.717, 1.165) is 64.2 Å².